The van der Waals surface area contributed by atoms with Gasteiger partial charge in [0.2, 0.25) is 0 Å². The Kier molecular flexibility index (Phi) is 4.08. The number of amides is 1. The van der Waals surface area contributed by atoms with Crippen LogP contribution in [0.25, 0.3) is 5.69 Å². The van der Waals surface area contributed by atoms with Gasteiger partial charge in [-0.1, -0.05) is 11.6 Å². The third-order valence-electron chi connectivity index (χ3n) is 5.05. The van der Waals surface area contributed by atoms with Gasteiger partial charge in [0.05, 0.1) is 23.9 Å². The summed E-state index contributed by atoms with van der Waals surface area (Å²) in [6.07, 6.45) is 8.86. The predicted molar refractivity (Wildman–Crippen MR) is 98.1 cm³/mol. The van der Waals surface area contributed by atoms with Gasteiger partial charge in [0.1, 0.15) is 0 Å². The molecule has 3 heterocycles. The van der Waals surface area contributed by atoms with E-state index in [0.717, 1.165) is 16.9 Å². The summed E-state index contributed by atoms with van der Waals surface area (Å²) in [4.78, 5) is 23.4. The molecule has 7 heteroatoms. The molecular formula is C19H22N6O. The lowest BCUT2D eigenvalue weighted by molar-refractivity contribution is 0.0789. The van der Waals surface area contributed by atoms with Crippen LogP contribution in [0.2, 0.25) is 0 Å². The van der Waals surface area contributed by atoms with E-state index in [4.69, 9.17) is 5.73 Å². The van der Waals surface area contributed by atoms with Gasteiger partial charge in [-0.2, -0.15) is 0 Å². The monoisotopic (exact) mass is 350 g/mol. The van der Waals surface area contributed by atoms with Gasteiger partial charge in [0.15, 0.2) is 0 Å². The Hall–Kier alpha value is -2.93. The van der Waals surface area contributed by atoms with Crippen molar-refractivity contribution < 1.29 is 4.79 Å². The van der Waals surface area contributed by atoms with Crippen LogP contribution in [0.3, 0.4) is 0 Å². The molecule has 1 fully saturated rings. The van der Waals surface area contributed by atoms with Gasteiger partial charge in [-0.25, -0.2) is 9.97 Å². The molecule has 0 spiro atoms. The maximum atomic E-state index is 13.3. The Morgan fingerprint density at radius 2 is 2.08 bits per heavy atom. The topological polar surface area (TPSA) is 82.0 Å². The molecule has 0 saturated carbocycles. The Morgan fingerprint density at radius 1 is 1.23 bits per heavy atom. The third-order valence-corrected chi connectivity index (χ3v) is 5.05. The van der Waals surface area contributed by atoms with Crippen molar-refractivity contribution in [1.82, 2.24) is 24.0 Å². The summed E-state index contributed by atoms with van der Waals surface area (Å²) in [6.45, 7) is 3.12. The highest BCUT2D eigenvalue weighted by molar-refractivity contribution is 5.98. The highest BCUT2D eigenvalue weighted by Gasteiger charge is 2.36. The maximum Gasteiger partial charge on any atom is 0.256 e. The van der Waals surface area contributed by atoms with Crippen molar-refractivity contribution in [3.63, 3.8) is 0 Å². The second-order valence-corrected chi connectivity index (χ2v) is 6.90. The van der Waals surface area contributed by atoms with Crippen LogP contribution in [0.15, 0.2) is 49.4 Å². The third kappa shape index (κ3) is 2.80. The fourth-order valence-electron chi connectivity index (χ4n) is 3.65. The van der Waals surface area contributed by atoms with Crippen LogP contribution >= 0.6 is 0 Å². The quantitative estimate of drug-likeness (QED) is 0.776. The van der Waals surface area contributed by atoms with Crippen molar-refractivity contribution in [2.75, 3.05) is 13.1 Å². The maximum absolute atomic E-state index is 13.3. The molecule has 1 amide bonds. The average molecular weight is 350 g/mol. The van der Waals surface area contributed by atoms with Crippen LogP contribution in [0.4, 0.5) is 0 Å². The molecule has 3 aromatic rings. The van der Waals surface area contributed by atoms with E-state index in [-0.39, 0.29) is 17.9 Å². The molecule has 1 saturated heterocycles. The van der Waals surface area contributed by atoms with E-state index >= 15 is 0 Å². The van der Waals surface area contributed by atoms with Crippen molar-refractivity contribution in [3.05, 3.63) is 66.3 Å². The normalized spacial score (nSPS) is 19.9. The van der Waals surface area contributed by atoms with Crippen LogP contribution in [-0.2, 0) is 7.05 Å². The summed E-state index contributed by atoms with van der Waals surface area (Å²) in [7, 11) is 1.96. The standard InChI is InChI=1S/C19H22N6O/c1-13-3-4-17(24-6-5-21-12-24)14(7-13)19(26)25-9-15(16(20)10-25)18-8-22-11-23(18)2/h3-8,11-12,15-16H,9-10,20H2,1-2H3/t15-,16-/m1/s1. The second-order valence-electron chi connectivity index (χ2n) is 6.90. The van der Waals surface area contributed by atoms with E-state index in [2.05, 4.69) is 9.97 Å². The molecule has 7 nitrogen and oxygen atoms in total. The van der Waals surface area contributed by atoms with Crippen molar-refractivity contribution in [2.24, 2.45) is 12.8 Å². The van der Waals surface area contributed by atoms with E-state index in [1.807, 2.05) is 58.6 Å². The number of imidazole rings is 2. The fourth-order valence-corrected chi connectivity index (χ4v) is 3.65. The van der Waals surface area contributed by atoms with Crippen LogP contribution in [0.1, 0.15) is 27.5 Å². The molecule has 0 bridgehead atoms. The second kappa shape index (κ2) is 6.42. The number of hydrogen-bond acceptors (Lipinski definition) is 4. The number of nitrogens with zero attached hydrogens (tertiary/aromatic N) is 5. The van der Waals surface area contributed by atoms with Gasteiger partial charge in [-0.3, -0.25) is 4.79 Å². The summed E-state index contributed by atoms with van der Waals surface area (Å²) < 4.78 is 3.84. The number of likely N-dealkylation sites (tertiary alicyclic amines) is 1. The highest BCUT2D eigenvalue weighted by atomic mass is 16.2. The minimum atomic E-state index is -0.101. The number of carbonyl (C=O) groups is 1. The van der Waals surface area contributed by atoms with Gasteiger partial charge in [0.25, 0.3) is 5.91 Å². The number of aromatic nitrogens is 4. The minimum absolute atomic E-state index is 0.00230. The summed E-state index contributed by atoms with van der Waals surface area (Å²) >= 11 is 0. The van der Waals surface area contributed by atoms with Gasteiger partial charge in [0, 0.05) is 56.4 Å². The fraction of sp³-hybridized carbons (Fsp3) is 0.316. The summed E-state index contributed by atoms with van der Waals surface area (Å²) in [5, 5.41) is 0. The molecule has 4 rings (SSSR count). The first-order chi connectivity index (χ1) is 12.5. The Morgan fingerprint density at radius 3 is 2.77 bits per heavy atom. The van der Waals surface area contributed by atoms with E-state index in [1.165, 1.54) is 0 Å². The first kappa shape index (κ1) is 16.5. The molecule has 134 valence electrons. The molecule has 0 radical (unpaired) electrons. The van der Waals surface area contributed by atoms with E-state index in [1.54, 1.807) is 18.9 Å². The molecule has 1 aromatic carbocycles. The van der Waals surface area contributed by atoms with Crippen molar-refractivity contribution >= 4 is 5.91 Å². The Bertz CT molecular complexity index is 929. The van der Waals surface area contributed by atoms with Crippen LogP contribution in [0, 0.1) is 6.92 Å². The lowest BCUT2D eigenvalue weighted by Gasteiger charge is -2.19. The zero-order valence-corrected chi connectivity index (χ0v) is 14.9. The molecule has 1 aliphatic rings. The molecule has 2 N–H and O–H groups in total. The first-order valence-electron chi connectivity index (χ1n) is 8.64. The molecule has 26 heavy (non-hydrogen) atoms. The number of aryl methyl sites for hydroxylation is 2. The predicted octanol–water partition coefficient (Wildman–Crippen LogP) is 1.48. The number of carbonyl (C=O) groups excluding carboxylic acids is 1. The molecule has 1 aliphatic heterocycles. The van der Waals surface area contributed by atoms with Crippen LogP contribution < -0.4 is 5.73 Å². The SMILES string of the molecule is Cc1ccc(-n2ccnc2)c(C(=O)N2C[C@@H](N)[C@H](c3cncn3C)C2)c1. The van der Waals surface area contributed by atoms with Gasteiger partial charge in [-0.05, 0) is 19.1 Å². The minimum Gasteiger partial charge on any atom is -0.337 e. The smallest absolute Gasteiger partial charge is 0.256 e. The van der Waals surface area contributed by atoms with Crippen molar-refractivity contribution in [1.29, 1.82) is 0 Å². The Balaban J connectivity index is 1.65. The van der Waals surface area contributed by atoms with Crippen molar-refractivity contribution in [2.45, 2.75) is 18.9 Å². The number of rotatable bonds is 3. The van der Waals surface area contributed by atoms with E-state index in [0.29, 0.717) is 18.7 Å². The Labute approximate surface area is 152 Å². The molecule has 2 aromatic heterocycles. The van der Waals surface area contributed by atoms with E-state index in [9.17, 15) is 4.79 Å². The van der Waals surface area contributed by atoms with Crippen molar-refractivity contribution in [3.8, 4) is 5.69 Å². The first-order valence-corrected chi connectivity index (χ1v) is 8.64. The summed E-state index contributed by atoms with van der Waals surface area (Å²) in [5.41, 5.74) is 9.96. The molecule has 0 aliphatic carbocycles. The zero-order chi connectivity index (χ0) is 18.3. The van der Waals surface area contributed by atoms with Gasteiger partial charge >= 0.3 is 0 Å². The summed E-state index contributed by atoms with van der Waals surface area (Å²) in [5.74, 6) is 0.0884. The van der Waals surface area contributed by atoms with Gasteiger partial charge < -0.3 is 19.8 Å². The average Bonchev–Trinajstić information content (AvgIpc) is 3.35. The van der Waals surface area contributed by atoms with Gasteiger partial charge in [-0.15, -0.1) is 0 Å². The lowest BCUT2D eigenvalue weighted by Crippen LogP contribution is -2.32. The van der Waals surface area contributed by atoms with Crippen LogP contribution in [0.5, 0.6) is 0 Å². The largest absolute Gasteiger partial charge is 0.337 e. The van der Waals surface area contributed by atoms with Crippen LogP contribution in [-0.4, -0.2) is 49.0 Å². The van der Waals surface area contributed by atoms with E-state index < -0.39 is 0 Å². The number of benzene rings is 1. The highest BCUT2D eigenvalue weighted by Crippen LogP contribution is 2.28. The number of hydrogen-bond donors (Lipinski definition) is 1. The molecular weight excluding hydrogens is 328 g/mol. The molecule has 2 atom stereocenters. The molecule has 0 unspecified atom stereocenters. The summed E-state index contributed by atoms with van der Waals surface area (Å²) in [6, 6.07) is 5.79. The zero-order valence-electron chi connectivity index (χ0n) is 14.9. The number of nitrogens with two attached hydrogens (primary N) is 1. The lowest BCUT2D eigenvalue weighted by atomic mass is 10.0.